The van der Waals surface area contributed by atoms with E-state index in [0.717, 1.165) is 24.9 Å². The summed E-state index contributed by atoms with van der Waals surface area (Å²) in [5.74, 6) is 2.82. The van der Waals surface area contributed by atoms with E-state index in [1.807, 2.05) is 6.20 Å². The quantitative estimate of drug-likeness (QED) is 0.837. The van der Waals surface area contributed by atoms with Crippen molar-refractivity contribution in [1.82, 2.24) is 14.9 Å². The summed E-state index contributed by atoms with van der Waals surface area (Å²) in [7, 11) is 0. The molecule has 0 spiro atoms. The zero-order chi connectivity index (χ0) is 13.0. The van der Waals surface area contributed by atoms with Crippen LogP contribution >= 0.6 is 0 Å². The maximum Gasteiger partial charge on any atom is 0.126 e. The minimum atomic E-state index is 0.442. The van der Waals surface area contributed by atoms with Gasteiger partial charge in [-0.25, -0.2) is 4.98 Å². The molecule has 1 aliphatic carbocycles. The van der Waals surface area contributed by atoms with Crippen molar-refractivity contribution >= 4 is 0 Å². The van der Waals surface area contributed by atoms with E-state index >= 15 is 0 Å². The predicted molar refractivity (Wildman–Crippen MR) is 75.4 cm³/mol. The van der Waals surface area contributed by atoms with E-state index in [4.69, 9.17) is 0 Å². The van der Waals surface area contributed by atoms with Crippen LogP contribution in [0.25, 0.3) is 0 Å². The van der Waals surface area contributed by atoms with Gasteiger partial charge in [0.1, 0.15) is 5.82 Å². The lowest BCUT2D eigenvalue weighted by Crippen LogP contribution is -2.32. The average molecular weight is 249 g/mol. The summed E-state index contributed by atoms with van der Waals surface area (Å²) in [6, 6.07) is 0.442. The summed E-state index contributed by atoms with van der Waals surface area (Å²) in [5, 5.41) is 3.74. The van der Waals surface area contributed by atoms with Crippen molar-refractivity contribution in [3.8, 4) is 0 Å². The van der Waals surface area contributed by atoms with Crippen molar-refractivity contribution in [2.75, 3.05) is 6.54 Å². The largest absolute Gasteiger partial charge is 0.334 e. The molecule has 0 radical (unpaired) electrons. The molecule has 18 heavy (non-hydrogen) atoms. The van der Waals surface area contributed by atoms with E-state index in [-0.39, 0.29) is 0 Å². The molecular formula is C15H27N3. The van der Waals surface area contributed by atoms with Gasteiger partial charge in [-0.3, -0.25) is 0 Å². The van der Waals surface area contributed by atoms with Crippen molar-refractivity contribution in [2.24, 2.45) is 11.8 Å². The molecule has 0 amide bonds. The smallest absolute Gasteiger partial charge is 0.126 e. The van der Waals surface area contributed by atoms with Crippen LogP contribution in [-0.2, 0) is 6.54 Å². The van der Waals surface area contributed by atoms with Crippen LogP contribution in [0.1, 0.15) is 58.3 Å². The van der Waals surface area contributed by atoms with E-state index in [1.54, 1.807) is 0 Å². The fourth-order valence-corrected chi connectivity index (χ4v) is 3.27. The number of nitrogens with zero attached hydrogens (tertiary/aromatic N) is 2. The van der Waals surface area contributed by atoms with Gasteiger partial charge < -0.3 is 9.88 Å². The average Bonchev–Trinajstić information content (AvgIpc) is 2.99. The van der Waals surface area contributed by atoms with E-state index in [2.05, 4.69) is 41.8 Å². The highest BCUT2D eigenvalue weighted by atomic mass is 15.1. The number of rotatable bonds is 6. The summed E-state index contributed by atoms with van der Waals surface area (Å²) >= 11 is 0. The van der Waals surface area contributed by atoms with Crippen LogP contribution in [0, 0.1) is 11.8 Å². The molecule has 1 aromatic rings. The number of aryl methyl sites for hydroxylation is 1. The first-order valence-electron chi connectivity index (χ1n) is 7.52. The van der Waals surface area contributed by atoms with Gasteiger partial charge in [-0.1, -0.05) is 26.7 Å². The van der Waals surface area contributed by atoms with Crippen LogP contribution in [0.2, 0.25) is 0 Å². The molecule has 1 aliphatic rings. The molecule has 0 saturated heterocycles. The predicted octanol–water partition coefficient (Wildman–Crippen LogP) is 3.38. The minimum Gasteiger partial charge on any atom is -0.334 e. The molecule has 3 heteroatoms. The van der Waals surface area contributed by atoms with Crippen molar-refractivity contribution in [1.29, 1.82) is 0 Å². The Labute approximate surface area is 111 Å². The van der Waals surface area contributed by atoms with Crippen LogP contribution in [0.5, 0.6) is 0 Å². The van der Waals surface area contributed by atoms with Gasteiger partial charge in [-0.2, -0.15) is 0 Å². The van der Waals surface area contributed by atoms with Crippen LogP contribution in [0.3, 0.4) is 0 Å². The zero-order valence-corrected chi connectivity index (χ0v) is 12.0. The second-order valence-corrected chi connectivity index (χ2v) is 5.58. The highest BCUT2D eigenvalue weighted by Crippen LogP contribution is 2.39. The van der Waals surface area contributed by atoms with Gasteiger partial charge in [0.2, 0.25) is 0 Å². The Kier molecular flexibility index (Phi) is 4.81. The molecule has 0 bridgehead atoms. The molecule has 1 N–H and O–H groups in total. The third-order valence-corrected chi connectivity index (χ3v) is 4.34. The molecule has 3 unspecified atom stereocenters. The van der Waals surface area contributed by atoms with E-state index < -0.39 is 0 Å². The standard InChI is InChI=1S/C15H27N3/c1-4-9-16-14(13-8-6-7-12(13)3)15-17-10-11-18(15)5-2/h10-14,16H,4-9H2,1-3H3. The molecule has 1 fully saturated rings. The van der Waals surface area contributed by atoms with Gasteiger partial charge in [0, 0.05) is 18.9 Å². The summed E-state index contributed by atoms with van der Waals surface area (Å²) in [5.41, 5.74) is 0. The molecule has 1 saturated carbocycles. The van der Waals surface area contributed by atoms with E-state index in [1.165, 1.54) is 31.5 Å². The Balaban J connectivity index is 2.18. The summed E-state index contributed by atoms with van der Waals surface area (Å²) < 4.78 is 2.29. The summed E-state index contributed by atoms with van der Waals surface area (Å²) in [6.07, 6.45) is 9.34. The first-order valence-corrected chi connectivity index (χ1v) is 7.52. The number of hydrogen-bond acceptors (Lipinski definition) is 2. The Morgan fingerprint density at radius 1 is 1.44 bits per heavy atom. The lowest BCUT2D eigenvalue weighted by atomic mass is 9.89. The molecule has 1 aromatic heterocycles. The number of aromatic nitrogens is 2. The molecule has 1 heterocycles. The third kappa shape index (κ3) is 2.77. The van der Waals surface area contributed by atoms with Gasteiger partial charge in [-0.15, -0.1) is 0 Å². The SMILES string of the molecule is CCCNC(c1nccn1CC)C1CCCC1C. The number of hydrogen-bond donors (Lipinski definition) is 1. The first kappa shape index (κ1) is 13.6. The third-order valence-electron chi connectivity index (χ3n) is 4.34. The lowest BCUT2D eigenvalue weighted by Gasteiger charge is -2.28. The van der Waals surface area contributed by atoms with Crippen LogP contribution < -0.4 is 5.32 Å². The lowest BCUT2D eigenvalue weighted by molar-refractivity contribution is 0.285. The van der Waals surface area contributed by atoms with E-state index in [0.29, 0.717) is 6.04 Å². The van der Waals surface area contributed by atoms with Crippen molar-refractivity contribution in [2.45, 2.75) is 59.0 Å². The van der Waals surface area contributed by atoms with Crippen molar-refractivity contribution in [3.05, 3.63) is 18.2 Å². The second kappa shape index (κ2) is 6.37. The molecule has 3 atom stereocenters. The molecular weight excluding hydrogens is 222 g/mol. The summed E-state index contributed by atoms with van der Waals surface area (Å²) in [6.45, 7) is 8.93. The number of nitrogens with one attached hydrogen (secondary N) is 1. The molecule has 0 aliphatic heterocycles. The first-order chi connectivity index (χ1) is 8.77. The van der Waals surface area contributed by atoms with Gasteiger partial charge >= 0.3 is 0 Å². The Hall–Kier alpha value is -0.830. The maximum atomic E-state index is 4.62. The number of imidazole rings is 1. The Morgan fingerprint density at radius 2 is 2.28 bits per heavy atom. The summed E-state index contributed by atoms with van der Waals surface area (Å²) in [4.78, 5) is 4.62. The topological polar surface area (TPSA) is 29.9 Å². The van der Waals surface area contributed by atoms with Gasteiger partial charge in [-0.05, 0) is 38.1 Å². The van der Waals surface area contributed by atoms with Gasteiger partial charge in [0.25, 0.3) is 0 Å². The van der Waals surface area contributed by atoms with Gasteiger partial charge in [0.15, 0.2) is 0 Å². The Morgan fingerprint density at radius 3 is 2.89 bits per heavy atom. The van der Waals surface area contributed by atoms with Crippen molar-refractivity contribution < 1.29 is 0 Å². The molecule has 2 rings (SSSR count). The fourth-order valence-electron chi connectivity index (χ4n) is 3.27. The van der Waals surface area contributed by atoms with E-state index in [9.17, 15) is 0 Å². The monoisotopic (exact) mass is 249 g/mol. The second-order valence-electron chi connectivity index (χ2n) is 5.58. The van der Waals surface area contributed by atoms with Gasteiger partial charge in [0.05, 0.1) is 6.04 Å². The Bertz CT molecular complexity index is 358. The van der Waals surface area contributed by atoms with Crippen LogP contribution in [0.4, 0.5) is 0 Å². The zero-order valence-electron chi connectivity index (χ0n) is 12.0. The highest BCUT2D eigenvalue weighted by Gasteiger charge is 2.33. The molecule has 3 nitrogen and oxygen atoms in total. The molecule has 0 aromatic carbocycles. The van der Waals surface area contributed by atoms with Crippen LogP contribution in [-0.4, -0.2) is 16.1 Å². The minimum absolute atomic E-state index is 0.442. The fraction of sp³-hybridized carbons (Fsp3) is 0.800. The van der Waals surface area contributed by atoms with Crippen molar-refractivity contribution in [3.63, 3.8) is 0 Å². The van der Waals surface area contributed by atoms with Crippen LogP contribution in [0.15, 0.2) is 12.4 Å². The maximum absolute atomic E-state index is 4.62. The normalized spacial score (nSPS) is 25.5. The highest BCUT2D eigenvalue weighted by molar-refractivity contribution is 5.03. The molecule has 102 valence electrons.